The molecule has 0 spiro atoms. The molecule has 0 saturated heterocycles. The van der Waals surface area contributed by atoms with Crippen molar-refractivity contribution in [3.8, 4) is 0 Å². The van der Waals surface area contributed by atoms with Crippen LogP contribution in [0.15, 0.2) is 38.7 Å². The van der Waals surface area contributed by atoms with Crippen LogP contribution in [-0.4, -0.2) is 34.1 Å². The summed E-state index contributed by atoms with van der Waals surface area (Å²) in [6, 6.07) is 4.81. The number of allylic oxidation sites excluding steroid dienone is 1. The Kier molecular flexibility index (Phi) is 4.87. The number of rotatable bonds is 5. The van der Waals surface area contributed by atoms with E-state index in [4.69, 9.17) is 0 Å². The fourth-order valence-corrected chi connectivity index (χ4v) is 6.21. The Morgan fingerprint density at radius 1 is 1.39 bits per heavy atom. The summed E-state index contributed by atoms with van der Waals surface area (Å²) in [5, 5.41) is 11.1. The number of thiol groups is 1. The Labute approximate surface area is 170 Å². The summed E-state index contributed by atoms with van der Waals surface area (Å²) >= 11 is 4.22. The second-order valence-corrected chi connectivity index (χ2v) is 10.9. The molecule has 1 aliphatic carbocycles. The average Bonchev–Trinajstić information content (AvgIpc) is 3.04. The summed E-state index contributed by atoms with van der Waals surface area (Å²) in [7, 11) is -4.27. The smallest absolute Gasteiger partial charge is 0.267 e. The van der Waals surface area contributed by atoms with Crippen molar-refractivity contribution in [1.29, 1.82) is 0 Å². The van der Waals surface area contributed by atoms with E-state index in [1.165, 1.54) is 6.07 Å². The summed E-state index contributed by atoms with van der Waals surface area (Å²) in [4.78, 5) is 17.7. The van der Waals surface area contributed by atoms with Crippen LogP contribution in [0.25, 0.3) is 5.57 Å². The first kappa shape index (κ1) is 19.9. The quantitative estimate of drug-likeness (QED) is 0.606. The van der Waals surface area contributed by atoms with Crippen molar-refractivity contribution in [1.82, 2.24) is 5.32 Å². The first-order valence-electron chi connectivity index (χ1n) is 9.45. The Balaban J connectivity index is 1.73. The number of fused-ring (bicyclic) bond motifs is 3. The molecule has 152 valence electrons. The van der Waals surface area contributed by atoms with Gasteiger partial charge in [-0.05, 0) is 43.9 Å². The summed E-state index contributed by atoms with van der Waals surface area (Å²) in [5.41, 5.74) is 0.399. The maximum atomic E-state index is 15.5. The highest BCUT2D eigenvalue weighted by molar-refractivity contribution is 8.27. The number of carbonyl (C=O) groups excluding carboxylic acids is 1. The van der Waals surface area contributed by atoms with Crippen LogP contribution in [0.1, 0.15) is 45.1 Å². The minimum absolute atomic E-state index is 0.00574. The number of halogens is 2. The van der Waals surface area contributed by atoms with E-state index in [9.17, 15) is 9.90 Å². The standard InChI is InChI=1S/C20H24F2N2O2S2/c1-20(2,26)10-23-19(25)17-18-16(14(24-17)8-11-4-3-5-11)13-7-6-12(27)9-15(13)28(18,21)22/h6-7,9,11,18,26-27H,3-5,8,10H2,1-2H3,(H,23,25). The third-order valence-corrected chi connectivity index (χ3v) is 7.80. The molecule has 4 nitrogen and oxygen atoms in total. The SMILES string of the molecule is CC(C)(O)CNC(=O)C1=NC(CC2CCC2)=C2c3ccc(S)cc3S(F)(F)C12. The zero-order valence-corrected chi connectivity index (χ0v) is 17.5. The molecule has 28 heavy (non-hydrogen) atoms. The van der Waals surface area contributed by atoms with Gasteiger partial charge in [-0.3, -0.25) is 9.79 Å². The first-order valence-corrected chi connectivity index (χ1v) is 11.4. The van der Waals surface area contributed by atoms with E-state index in [1.807, 2.05) is 0 Å². The maximum Gasteiger partial charge on any atom is 0.267 e. The molecule has 1 aromatic rings. The fraction of sp³-hybridized carbons (Fsp3) is 0.500. The molecule has 8 heteroatoms. The maximum absolute atomic E-state index is 15.5. The molecule has 1 unspecified atom stereocenters. The lowest BCUT2D eigenvalue weighted by molar-refractivity contribution is -0.115. The third-order valence-electron chi connectivity index (χ3n) is 5.54. The monoisotopic (exact) mass is 426 g/mol. The van der Waals surface area contributed by atoms with Gasteiger partial charge in [-0.2, -0.15) is 7.77 Å². The van der Waals surface area contributed by atoms with Gasteiger partial charge in [-0.15, -0.1) is 12.6 Å². The number of nitrogens with zero attached hydrogens (tertiary/aromatic N) is 1. The topological polar surface area (TPSA) is 61.7 Å². The molecule has 0 aromatic heterocycles. The molecule has 0 radical (unpaired) electrons. The molecular formula is C20H24F2N2O2S2. The van der Waals surface area contributed by atoms with E-state index in [1.54, 1.807) is 26.0 Å². The zero-order chi connectivity index (χ0) is 20.3. The molecule has 2 aliphatic heterocycles. The van der Waals surface area contributed by atoms with Crippen LogP contribution in [0.5, 0.6) is 0 Å². The highest BCUT2D eigenvalue weighted by Gasteiger charge is 2.55. The molecule has 4 rings (SSSR count). The minimum atomic E-state index is -4.27. The van der Waals surface area contributed by atoms with Gasteiger partial charge in [-0.1, -0.05) is 25.3 Å². The second kappa shape index (κ2) is 6.85. The van der Waals surface area contributed by atoms with Crippen LogP contribution in [0.4, 0.5) is 7.77 Å². The lowest BCUT2D eigenvalue weighted by Crippen LogP contribution is -2.43. The number of hydrogen-bond acceptors (Lipinski definition) is 4. The van der Waals surface area contributed by atoms with E-state index in [0.29, 0.717) is 34.1 Å². The molecule has 3 aliphatic rings. The van der Waals surface area contributed by atoms with Gasteiger partial charge in [0, 0.05) is 22.7 Å². The second-order valence-electron chi connectivity index (χ2n) is 8.42. The van der Waals surface area contributed by atoms with Gasteiger partial charge in [0.1, 0.15) is 11.0 Å². The fourth-order valence-electron chi connectivity index (χ4n) is 3.91. The molecule has 1 aromatic carbocycles. The van der Waals surface area contributed by atoms with Crippen molar-refractivity contribution in [2.24, 2.45) is 10.9 Å². The highest BCUT2D eigenvalue weighted by Crippen LogP contribution is 2.74. The van der Waals surface area contributed by atoms with Crippen LogP contribution in [0.2, 0.25) is 0 Å². The van der Waals surface area contributed by atoms with Crippen molar-refractivity contribution in [2.75, 3.05) is 6.54 Å². The molecule has 2 N–H and O–H groups in total. The lowest BCUT2D eigenvalue weighted by atomic mass is 9.81. The van der Waals surface area contributed by atoms with E-state index in [2.05, 4.69) is 22.9 Å². The number of hydrogen-bond donors (Lipinski definition) is 3. The number of nitrogens with one attached hydrogen (secondary N) is 1. The van der Waals surface area contributed by atoms with E-state index < -0.39 is 27.6 Å². The number of aliphatic imine (C=N–C) groups is 1. The summed E-state index contributed by atoms with van der Waals surface area (Å²) in [6.07, 6.45) is 3.93. The van der Waals surface area contributed by atoms with Crippen LogP contribution in [0, 0.1) is 5.92 Å². The van der Waals surface area contributed by atoms with Gasteiger partial charge in [0.05, 0.1) is 21.3 Å². The normalized spacial score (nSPS) is 24.4. The van der Waals surface area contributed by atoms with Gasteiger partial charge >= 0.3 is 0 Å². The molecule has 1 saturated carbocycles. The highest BCUT2D eigenvalue weighted by atomic mass is 32.3. The predicted molar refractivity (Wildman–Crippen MR) is 111 cm³/mol. The van der Waals surface area contributed by atoms with Crippen molar-refractivity contribution in [2.45, 2.75) is 60.2 Å². The molecule has 2 heterocycles. The van der Waals surface area contributed by atoms with Crippen LogP contribution in [-0.2, 0) is 4.79 Å². The Morgan fingerprint density at radius 2 is 2.11 bits per heavy atom. The van der Waals surface area contributed by atoms with E-state index >= 15 is 7.77 Å². The molecule has 1 amide bonds. The van der Waals surface area contributed by atoms with Crippen LogP contribution in [0.3, 0.4) is 0 Å². The predicted octanol–water partition coefficient (Wildman–Crippen LogP) is 4.53. The Bertz CT molecular complexity index is 902. The van der Waals surface area contributed by atoms with E-state index in [-0.39, 0.29) is 17.2 Å². The summed E-state index contributed by atoms with van der Waals surface area (Å²) < 4.78 is 30.9. The van der Waals surface area contributed by atoms with Crippen LogP contribution < -0.4 is 5.32 Å². The zero-order valence-electron chi connectivity index (χ0n) is 15.8. The molecule has 1 atom stereocenters. The molecular weight excluding hydrogens is 402 g/mol. The van der Waals surface area contributed by atoms with Crippen molar-refractivity contribution in [3.05, 3.63) is 29.5 Å². The van der Waals surface area contributed by atoms with Gasteiger partial charge in [0.25, 0.3) is 5.91 Å². The molecule has 1 fully saturated rings. The number of aliphatic hydroxyl groups is 1. The minimum Gasteiger partial charge on any atom is -0.389 e. The van der Waals surface area contributed by atoms with Crippen LogP contribution >= 0.6 is 23.4 Å². The van der Waals surface area contributed by atoms with Gasteiger partial charge in [-0.25, -0.2) is 0 Å². The Morgan fingerprint density at radius 3 is 2.71 bits per heavy atom. The largest absolute Gasteiger partial charge is 0.389 e. The third kappa shape index (κ3) is 3.39. The molecule has 0 bridgehead atoms. The van der Waals surface area contributed by atoms with Crippen molar-refractivity contribution in [3.63, 3.8) is 0 Å². The van der Waals surface area contributed by atoms with E-state index in [0.717, 1.165) is 19.3 Å². The van der Waals surface area contributed by atoms with Crippen molar-refractivity contribution < 1.29 is 17.7 Å². The summed E-state index contributed by atoms with van der Waals surface area (Å²) in [6.45, 7) is 3.07. The Hall–Kier alpha value is -1.38. The summed E-state index contributed by atoms with van der Waals surface area (Å²) in [5.74, 6) is -0.179. The van der Waals surface area contributed by atoms with Gasteiger partial charge in [0.15, 0.2) is 0 Å². The van der Waals surface area contributed by atoms with Crippen molar-refractivity contribution >= 4 is 40.6 Å². The van der Waals surface area contributed by atoms with Gasteiger partial charge in [0.2, 0.25) is 0 Å². The number of benzene rings is 1. The first-order chi connectivity index (χ1) is 13.1. The number of carbonyl (C=O) groups is 1. The average molecular weight is 427 g/mol. The van der Waals surface area contributed by atoms with Gasteiger partial charge < -0.3 is 10.4 Å². The number of amides is 1. The lowest BCUT2D eigenvalue weighted by Gasteiger charge is -2.25.